The van der Waals surface area contributed by atoms with Crippen LogP contribution in [-0.2, 0) is 4.74 Å². The lowest BCUT2D eigenvalue weighted by Crippen LogP contribution is -2.55. The quantitative estimate of drug-likeness (QED) is 0.665. The van der Waals surface area contributed by atoms with Gasteiger partial charge in [-0.15, -0.1) is 0 Å². The molecule has 0 amide bonds. The van der Waals surface area contributed by atoms with Gasteiger partial charge in [0.05, 0.1) is 11.7 Å². The van der Waals surface area contributed by atoms with E-state index < -0.39 is 24.4 Å². The van der Waals surface area contributed by atoms with Gasteiger partial charge in [-0.3, -0.25) is 4.99 Å². The van der Waals surface area contributed by atoms with Gasteiger partial charge in [-0.2, -0.15) is 0 Å². The predicted molar refractivity (Wildman–Crippen MR) is 66.0 cm³/mol. The Hall–Kier alpha value is -0.140. The van der Waals surface area contributed by atoms with Crippen LogP contribution < -0.4 is 0 Å². The Labute approximate surface area is 105 Å². The maximum Gasteiger partial charge on any atom is 0.134 e. The zero-order chi connectivity index (χ0) is 12.6. The van der Waals surface area contributed by atoms with E-state index in [0.717, 1.165) is 11.5 Å². The van der Waals surface area contributed by atoms with Crippen LogP contribution in [0.3, 0.4) is 0 Å². The van der Waals surface area contributed by atoms with Crippen molar-refractivity contribution in [2.75, 3.05) is 6.61 Å². The molecule has 2 heterocycles. The molecule has 0 spiro atoms. The summed E-state index contributed by atoms with van der Waals surface area (Å²) >= 11 is 1.49. The Bertz CT molecular complexity index is 310. The van der Waals surface area contributed by atoms with E-state index in [4.69, 9.17) is 9.84 Å². The van der Waals surface area contributed by atoms with Gasteiger partial charge in [-0.1, -0.05) is 25.6 Å². The van der Waals surface area contributed by atoms with Gasteiger partial charge in [0.15, 0.2) is 0 Å². The molecule has 5 nitrogen and oxygen atoms in total. The minimum atomic E-state index is -1.07. The van der Waals surface area contributed by atoms with E-state index >= 15 is 0 Å². The lowest BCUT2D eigenvalue weighted by Gasteiger charge is -2.37. The summed E-state index contributed by atoms with van der Waals surface area (Å²) in [5.74, 6) is 0.497. The standard InChI is InChI=1S/C11H19NO4S/c1-5(2)3-7-12-8-10(15)9(14)6(4-13)16-11(8)17-7/h5-6,8-11,13-15H,3-4H2,1-2H3/t6-,8?,9-,10-,11?/m1/s1. The molecule has 0 bridgehead atoms. The first-order valence-electron chi connectivity index (χ1n) is 5.88. The Balaban J connectivity index is 2.06. The SMILES string of the molecule is CC(C)CC1=NC2C(O[C@H](CO)[C@@H](O)[C@@H]2O)S1. The molecule has 0 radical (unpaired) electrons. The molecule has 0 aromatic carbocycles. The first-order chi connectivity index (χ1) is 8.02. The molecule has 0 saturated carbocycles. The third-order valence-electron chi connectivity index (χ3n) is 2.98. The highest BCUT2D eigenvalue weighted by Gasteiger charge is 2.47. The van der Waals surface area contributed by atoms with Crippen LogP contribution in [0.5, 0.6) is 0 Å². The van der Waals surface area contributed by atoms with E-state index in [2.05, 4.69) is 18.8 Å². The molecular formula is C11H19NO4S. The molecule has 2 aliphatic rings. The fourth-order valence-corrected chi connectivity index (χ4v) is 3.52. The topological polar surface area (TPSA) is 82.3 Å². The fraction of sp³-hybridized carbons (Fsp3) is 0.909. The highest BCUT2D eigenvalue weighted by molar-refractivity contribution is 8.14. The van der Waals surface area contributed by atoms with Crippen LogP contribution in [0.25, 0.3) is 0 Å². The normalized spacial score (nSPS) is 41.5. The number of rotatable bonds is 3. The third-order valence-corrected chi connectivity index (χ3v) is 4.14. The van der Waals surface area contributed by atoms with Crippen molar-refractivity contribution in [2.24, 2.45) is 10.9 Å². The van der Waals surface area contributed by atoms with E-state index in [-0.39, 0.29) is 12.0 Å². The van der Waals surface area contributed by atoms with Crippen LogP contribution >= 0.6 is 11.8 Å². The average molecular weight is 261 g/mol. The van der Waals surface area contributed by atoms with Crippen LogP contribution in [-0.4, -0.2) is 56.8 Å². The molecule has 0 aliphatic carbocycles. The summed E-state index contributed by atoms with van der Waals surface area (Å²) in [5.41, 5.74) is -0.278. The zero-order valence-electron chi connectivity index (χ0n) is 9.98. The predicted octanol–water partition coefficient (Wildman–Crippen LogP) is -0.0146. The number of ether oxygens (including phenoxy) is 1. The van der Waals surface area contributed by atoms with Crippen molar-refractivity contribution in [2.45, 2.75) is 50.1 Å². The Kier molecular flexibility index (Phi) is 4.10. The van der Waals surface area contributed by atoms with Crippen LogP contribution in [0.1, 0.15) is 20.3 Å². The van der Waals surface area contributed by atoms with Crippen molar-refractivity contribution in [1.29, 1.82) is 0 Å². The summed E-state index contributed by atoms with van der Waals surface area (Å²) in [7, 11) is 0. The number of aliphatic imine (C=N–C) groups is 1. The molecule has 6 heteroatoms. The maximum atomic E-state index is 9.94. The monoisotopic (exact) mass is 261 g/mol. The van der Waals surface area contributed by atoms with Crippen molar-refractivity contribution < 1.29 is 20.1 Å². The van der Waals surface area contributed by atoms with Gasteiger partial charge in [0.1, 0.15) is 29.8 Å². The summed E-state index contributed by atoms with van der Waals surface area (Å²) < 4.78 is 5.54. The minimum absolute atomic E-state index is 0.278. The van der Waals surface area contributed by atoms with Gasteiger partial charge in [-0.25, -0.2) is 0 Å². The molecule has 2 rings (SSSR count). The third kappa shape index (κ3) is 2.66. The van der Waals surface area contributed by atoms with E-state index in [0.29, 0.717) is 5.92 Å². The molecule has 0 aromatic heterocycles. The summed E-state index contributed by atoms with van der Waals surface area (Å²) in [4.78, 5) is 4.41. The highest BCUT2D eigenvalue weighted by Crippen LogP contribution is 2.37. The Morgan fingerprint density at radius 1 is 1.35 bits per heavy atom. The molecule has 98 valence electrons. The number of aliphatic hydroxyl groups is 3. The van der Waals surface area contributed by atoms with Gasteiger partial charge >= 0.3 is 0 Å². The van der Waals surface area contributed by atoms with Crippen LogP contribution in [0.4, 0.5) is 0 Å². The molecule has 1 saturated heterocycles. The highest BCUT2D eigenvalue weighted by atomic mass is 32.2. The van der Waals surface area contributed by atoms with Crippen LogP contribution in [0.2, 0.25) is 0 Å². The van der Waals surface area contributed by atoms with Crippen molar-refractivity contribution >= 4 is 16.8 Å². The van der Waals surface area contributed by atoms with E-state index in [1.54, 1.807) is 0 Å². The van der Waals surface area contributed by atoms with Gasteiger partial charge in [0.25, 0.3) is 0 Å². The molecule has 2 aliphatic heterocycles. The second-order valence-corrected chi connectivity index (χ2v) is 6.11. The fourth-order valence-electron chi connectivity index (χ4n) is 2.08. The molecule has 3 N–H and O–H groups in total. The summed E-state index contributed by atoms with van der Waals surface area (Å²) in [5, 5.41) is 29.7. The average Bonchev–Trinajstić information content (AvgIpc) is 2.65. The second-order valence-electron chi connectivity index (χ2n) is 4.94. The number of hydrogen-bond donors (Lipinski definition) is 3. The number of aliphatic hydroxyl groups excluding tert-OH is 3. The Morgan fingerprint density at radius 2 is 2.06 bits per heavy atom. The van der Waals surface area contributed by atoms with Gasteiger partial charge in [-0.05, 0) is 12.3 Å². The van der Waals surface area contributed by atoms with Gasteiger partial charge < -0.3 is 20.1 Å². The number of thioether (sulfide) groups is 1. The van der Waals surface area contributed by atoms with Crippen LogP contribution in [0, 0.1) is 5.92 Å². The molecule has 2 unspecified atom stereocenters. The first-order valence-corrected chi connectivity index (χ1v) is 6.76. The lowest BCUT2D eigenvalue weighted by molar-refractivity contribution is -0.164. The maximum absolute atomic E-state index is 9.94. The van der Waals surface area contributed by atoms with Crippen molar-refractivity contribution in [3.63, 3.8) is 0 Å². The largest absolute Gasteiger partial charge is 0.394 e. The molecule has 5 atom stereocenters. The van der Waals surface area contributed by atoms with Crippen molar-refractivity contribution in [3.05, 3.63) is 0 Å². The van der Waals surface area contributed by atoms with Gasteiger partial charge in [0.2, 0.25) is 0 Å². The molecule has 1 fully saturated rings. The molecular weight excluding hydrogens is 242 g/mol. The van der Waals surface area contributed by atoms with E-state index in [1.807, 2.05) is 0 Å². The smallest absolute Gasteiger partial charge is 0.134 e. The Morgan fingerprint density at radius 3 is 2.65 bits per heavy atom. The lowest BCUT2D eigenvalue weighted by atomic mass is 9.99. The van der Waals surface area contributed by atoms with Gasteiger partial charge in [0, 0.05) is 0 Å². The first kappa shape index (κ1) is 13.3. The van der Waals surface area contributed by atoms with E-state index in [9.17, 15) is 10.2 Å². The zero-order valence-corrected chi connectivity index (χ0v) is 10.8. The minimum Gasteiger partial charge on any atom is -0.394 e. The number of hydrogen-bond acceptors (Lipinski definition) is 6. The summed E-state index contributed by atoms with van der Waals surface area (Å²) in [6, 6.07) is -0.411. The van der Waals surface area contributed by atoms with E-state index in [1.165, 1.54) is 11.8 Å². The number of fused-ring (bicyclic) bond motifs is 1. The second kappa shape index (κ2) is 5.24. The molecule has 0 aromatic rings. The van der Waals surface area contributed by atoms with Crippen molar-refractivity contribution in [3.8, 4) is 0 Å². The number of nitrogens with zero attached hydrogens (tertiary/aromatic N) is 1. The van der Waals surface area contributed by atoms with Crippen molar-refractivity contribution in [1.82, 2.24) is 0 Å². The van der Waals surface area contributed by atoms with Crippen LogP contribution in [0.15, 0.2) is 4.99 Å². The summed E-state index contributed by atoms with van der Waals surface area (Å²) in [6.07, 6.45) is -1.88. The summed E-state index contributed by atoms with van der Waals surface area (Å²) in [6.45, 7) is 3.92. The molecule has 17 heavy (non-hydrogen) atoms.